The molecule has 0 unspecified atom stereocenters. The van der Waals surface area contributed by atoms with Gasteiger partial charge in [-0.1, -0.05) is 91.0 Å². The van der Waals surface area contributed by atoms with Crippen molar-refractivity contribution >= 4 is 49.2 Å². The molecule has 0 heterocycles. The molecule has 0 aliphatic rings. The van der Waals surface area contributed by atoms with Crippen LogP contribution in [0.4, 0.5) is 0 Å². The van der Waals surface area contributed by atoms with Crippen LogP contribution in [-0.4, -0.2) is 10.5 Å². The predicted octanol–water partition coefficient (Wildman–Crippen LogP) is 3.70. The first-order valence-electron chi connectivity index (χ1n) is 7.34. The number of carbonyl (C=O) groups excluding carboxylic acids is 1. The lowest BCUT2D eigenvalue weighted by Gasteiger charge is -2.29. The van der Waals surface area contributed by atoms with Crippen molar-refractivity contribution in [2.24, 2.45) is 0 Å². The number of halogens is 1. The highest BCUT2D eigenvalue weighted by Crippen LogP contribution is 2.46. The summed E-state index contributed by atoms with van der Waals surface area (Å²) in [6, 6.07) is 30.8. The van der Waals surface area contributed by atoms with Gasteiger partial charge in [0, 0.05) is 0 Å². The molecule has 0 saturated heterocycles. The molecule has 3 aromatic rings. The van der Waals surface area contributed by atoms with Gasteiger partial charge in [0.25, 0.3) is 0 Å². The van der Waals surface area contributed by atoms with Crippen LogP contribution in [-0.2, 0) is 4.79 Å². The van der Waals surface area contributed by atoms with Gasteiger partial charge in [0.1, 0.15) is 0 Å². The van der Waals surface area contributed by atoms with E-state index < -0.39 is 6.89 Å². The predicted molar refractivity (Wildman–Crippen MR) is 105 cm³/mol. The Kier molecular flexibility index (Phi) is 4.95. The van der Waals surface area contributed by atoms with Gasteiger partial charge < -0.3 is 0 Å². The third-order valence-corrected chi connectivity index (χ3v) is 9.60. The summed E-state index contributed by atoms with van der Waals surface area (Å²) < 4.78 is 0.702. The van der Waals surface area contributed by atoms with E-state index in [0.29, 0.717) is 4.20 Å². The van der Waals surface area contributed by atoms with E-state index in [1.165, 1.54) is 0 Å². The fraction of sp³-hybridized carbons (Fsp3) is 0. The van der Waals surface area contributed by atoms with Crippen molar-refractivity contribution < 1.29 is 4.79 Å². The second-order valence-corrected chi connectivity index (χ2v) is 9.96. The van der Waals surface area contributed by atoms with Crippen molar-refractivity contribution in [3.63, 3.8) is 0 Å². The molecule has 0 bridgehead atoms. The van der Waals surface area contributed by atoms with Crippen LogP contribution >= 0.6 is 22.8 Å². The number of hydrogen-bond donors (Lipinski definition) is 0. The van der Waals surface area contributed by atoms with Crippen LogP contribution < -0.4 is 15.9 Å². The fourth-order valence-corrected chi connectivity index (χ4v) is 8.34. The minimum absolute atomic E-state index is 0.702. The van der Waals surface area contributed by atoms with Crippen molar-refractivity contribution in [1.82, 2.24) is 0 Å². The van der Waals surface area contributed by atoms with Crippen LogP contribution in [0.25, 0.3) is 0 Å². The van der Waals surface area contributed by atoms with E-state index in [1.807, 2.05) is 54.6 Å². The Morgan fingerprint density at radius 2 is 0.957 bits per heavy atom. The summed E-state index contributed by atoms with van der Waals surface area (Å²) in [5.41, 5.74) is 0. The Morgan fingerprint density at radius 3 is 1.22 bits per heavy atom. The van der Waals surface area contributed by atoms with Gasteiger partial charge in [-0.05, 0) is 38.7 Å². The summed E-state index contributed by atoms with van der Waals surface area (Å²) in [5, 5.41) is 3.49. The Bertz CT molecular complexity index is 739. The van der Waals surface area contributed by atoms with Gasteiger partial charge in [-0.2, -0.15) is 0 Å². The summed E-state index contributed by atoms with van der Waals surface area (Å²) in [5.74, 6) is 0. The minimum Gasteiger partial charge on any atom is -0.297 e. The molecule has 0 aliphatic heterocycles. The van der Waals surface area contributed by atoms with E-state index >= 15 is 0 Å². The van der Waals surface area contributed by atoms with Gasteiger partial charge in [-0.25, -0.2) is 0 Å². The molecule has 0 radical (unpaired) electrons. The third kappa shape index (κ3) is 2.85. The number of benzene rings is 3. The Hall–Kier alpha value is -1.89. The molecule has 1 nitrogen and oxygen atoms in total. The molecule has 0 aromatic heterocycles. The highest BCUT2D eigenvalue weighted by molar-refractivity contribution is 9.20. The van der Waals surface area contributed by atoms with Gasteiger partial charge in [-0.15, -0.1) is 0 Å². The average molecular weight is 383 g/mol. The lowest BCUT2D eigenvalue weighted by atomic mass is 10.4. The summed E-state index contributed by atoms with van der Waals surface area (Å²) in [4.78, 5) is 11.8. The normalized spacial score (nSPS) is 11.0. The van der Waals surface area contributed by atoms with Gasteiger partial charge in [0.2, 0.25) is 0 Å². The minimum atomic E-state index is -2.18. The smallest absolute Gasteiger partial charge is 0.158 e. The van der Waals surface area contributed by atoms with Gasteiger partial charge in [0.15, 0.2) is 6.29 Å². The summed E-state index contributed by atoms with van der Waals surface area (Å²) >= 11 is 3.61. The van der Waals surface area contributed by atoms with Crippen molar-refractivity contribution in [3.8, 4) is 0 Å². The molecule has 0 amide bonds. The van der Waals surface area contributed by atoms with E-state index in [0.717, 1.165) is 22.2 Å². The SMILES string of the molecule is O=CC(Br)=P(c1ccccc1)(c1ccccc1)c1ccccc1. The van der Waals surface area contributed by atoms with Gasteiger partial charge in [0.05, 0.1) is 4.20 Å². The van der Waals surface area contributed by atoms with Crippen molar-refractivity contribution in [1.29, 1.82) is 0 Å². The Balaban J connectivity index is 2.50. The van der Waals surface area contributed by atoms with E-state index in [9.17, 15) is 4.79 Å². The molecule has 0 N–H and O–H groups in total. The van der Waals surface area contributed by atoms with Crippen LogP contribution in [0.5, 0.6) is 0 Å². The van der Waals surface area contributed by atoms with Gasteiger partial charge in [-0.3, -0.25) is 4.79 Å². The molecule has 23 heavy (non-hydrogen) atoms. The van der Waals surface area contributed by atoms with Crippen LogP contribution in [0.2, 0.25) is 0 Å². The maximum Gasteiger partial charge on any atom is 0.158 e. The van der Waals surface area contributed by atoms with E-state index in [4.69, 9.17) is 0 Å². The fourth-order valence-electron chi connectivity index (χ4n) is 2.85. The zero-order valence-electron chi connectivity index (χ0n) is 12.5. The average Bonchev–Trinajstić information content (AvgIpc) is 2.65. The first kappa shape index (κ1) is 16.0. The number of hydrogen-bond acceptors (Lipinski definition) is 1. The van der Waals surface area contributed by atoms with Crippen LogP contribution in [0, 0.1) is 0 Å². The highest BCUT2D eigenvalue weighted by atomic mass is 79.9. The van der Waals surface area contributed by atoms with E-state index in [1.54, 1.807) is 0 Å². The maximum absolute atomic E-state index is 11.8. The van der Waals surface area contributed by atoms with Gasteiger partial charge >= 0.3 is 0 Å². The molecule has 3 aromatic carbocycles. The first-order chi connectivity index (χ1) is 11.3. The molecule has 0 saturated carbocycles. The molecule has 3 heteroatoms. The van der Waals surface area contributed by atoms with E-state index in [2.05, 4.69) is 52.3 Å². The molecule has 0 fully saturated rings. The van der Waals surface area contributed by atoms with Crippen molar-refractivity contribution in [3.05, 3.63) is 91.0 Å². The standard InChI is InChI=1S/C20H16BrOP/c21-20(16-22)23(17-10-4-1-5-11-17,18-12-6-2-7-13-18)19-14-8-3-9-15-19/h1-16H. The van der Waals surface area contributed by atoms with Crippen LogP contribution in [0.3, 0.4) is 0 Å². The molecule has 3 rings (SSSR count). The Morgan fingerprint density at radius 1 is 0.652 bits per heavy atom. The molecule has 0 spiro atoms. The molecular formula is C20H16BrOP. The largest absolute Gasteiger partial charge is 0.297 e. The zero-order chi connectivity index (χ0) is 16.1. The first-order valence-corrected chi connectivity index (χ1v) is 9.92. The van der Waals surface area contributed by atoms with Crippen LogP contribution in [0.1, 0.15) is 0 Å². The summed E-state index contributed by atoms with van der Waals surface area (Å²) in [6.07, 6.45) is 0.945. The topological polar surface area (TPSA) is 17.1 Å². The number of aldehydes is 1. The number of rotatable bonds is 4. The number of carbonyl (C=O) groups is 1. The summed E-state index contributed by atoms with van der Waals surface area (Å²) in [7, 11) is 0. The highest BCUT2D eigenvalue weighted by Gasteiger charge is 2.28. The maximum atomic E-state index is 11.8. The second kappa shape index (κ2) is 7.12. The molecule has 0 atom stereocenters. The zero-order valence-corrected chi connectivity index (χ0v) is 15.0. The van der Waals surface area contributed by atoms with Crippen molar-refractivity contribution in [2.45, 2.75) is 0 Å². The lowest BCUT2D eigenvalue weighted by Crippen LogP contribution is -2.29. The quantitative estimate of drug-likeness (QED) is 0.496. The summed E-state index contributed by atoms with van der Waals surface area (Å²) in [6.45, 7) is -2.18. The molecule has 0 aliphatic carbocycles. The molecule has 114 valence electrons. The second-order valence-electron chi connectivity index (χ2n) is 5.12. The van der Waals surface area contributed by atoms with Crippen molar-refractivity contribution in [2.75, 3.05) is 0 Å². The van der Waals surface area contributed by atoms with Crippen LogP contribution in [0.15, 0.2) is 91.0 Å². The third-order valence-electron chi connectivity index (χ3n) is 3.85. The monoisotopic (exact) mass is 382 g/mol. The van der Waals surface area contributed by atoms with E-state index in [-0.39, 0.29) is 0 Å². The lowest BCUT2D eigenvalue weighted by molar-refractivity contribution is -0.102. The Labute approximate surface area is 145 Å². The molecular weight excluding hydrogens is 367 g/mol.